The standard InChI is InChI=1S/C19H19N3O3/c1-2-24-16-10-6-9-15(13-16)18(23)20-12-11-17-21-22-19(25-17)14-7-4-3-5-8-14/h3-10,13H,2,11-12H2,1H3,(H,20,23). The number of aromatic nitrogens is 2. The third kappa shape index (κ3) is 4.44. The molecule has 6 nitrogen and oxygen atoms in total. The summed E-state index contributed by atoms with van der Waals surface area (Å²) in [5.41, 5.74) is 1.43. The summed E-state index contributed by atoms with van der Waals surface area (Å²) in [6.07, 6.45) is 0.469. The predicted octanol–water partition coefficient (Wildman–Crippen LogP) is 3.11. The fraction of sp³-hybridized carbons (Fsp3) is 0.211. The molecule has 3 rings (SSSR count). The number of hydrogen-bond acceptors (Lipinski definition) is 5. The Bertz CT molecular complexity index is 831. The molecule has 0 aliphatic heterocycles. The fourth-order valence-electron chi connectivity index (χ4n) is 2.33. The first-order chi connectivity index (χ1) is 12.3. The van der Waals surface area contributed by atoms with Gasteiger partial charge in [0, 0.05) is 24.1 Å². The number of rotatable bonds is 7. The summed E-state index contributed by atoms with van der Waals surface area (Å²) in [7, 11) is 0. The molecule has 2 aromatic carbocycles. The van der Waals surface area contributed by atoms with E-state index in [-0.39, 0.29) is 5.91 Å². The molecular formula is C19H19N3O3. The van der Waals surface area contributed by atoms with Crippen LogP contribution in [0.3, 0.4) is 0 Å². The van der Waals surface area contributed by atoms with E-state index in [0.29, 0.717) is 42.7 Å². The highest BCUT2D eigenvalue weighted by molar-refractivity contribution is 5.94. The lowest BCUT2D eigenvalue weighted by Gasteiger charge is -2.06. The molecule has 0 spiro atoms. The second kappa shape index (κ2) is 8.10. The lowest BCUT2D eigenvalue weighted by atomic mass is 10.2. The number of carbonyl (C=O) groups is 1. The number of hydrogen-bond donors (Lipinski definition) is 1. The van der Waals surface area contributed by atoms with Crippen molar-refractivity contribution >= 4 is 5.91 Å². The van der Waals surface area contributed by atoms with Gasteiger partial charge in [-0.25, -0.2) is 0 Å². The molecule has 3 aromatic rings. The Balaban J connectivity index is 1.54. The zero-order valence-corrected chi connectivity index (χ0v) is 13.9. The minimum Gasteiger partial charge on any atom is -0.494 e. The molecule has 1 aromatic heterocycles. The van der Waals surface area contributed by atoms with Crippen LogP contribution >= 0.6 is 0 Å². The number of ether oxygens (including phenoxy) is 1. The van der Waals surface area contributed by atoms with E-state index in [1.54, 1.807) is 18.2 Å². The van der Waals surface area contributed by atoms with Crippen LogP contribution in [0.15, 0.2) is 59.0 Å². The molecule has 1 N–H and O–H groups in total. The average molecular weight is 337 g/mol. The molecule has 128 valence electrons. The first kappa shape index (κ1) is 16.7. The number of nitrogens with one attached hydrogen (secondary N) is 1. The Kier molecular flexibility index (Phi) is 5.41. The van der Waals surface area contributed by atoms with Crippen LogP contribution in [0.1, 0.15) is 23.2 Å². The lowest BCUT2D eigenvalue weighted by molar-refractivity contribution is 0.0953. The van der Waals surface area contributed by atoms with E-state index >= 15 is 0 Å². The summed E-state index contributed by atoms with van der Waals surface area (Å²) in [4.78, 5) is 12.2. The summed E-state index contributed by atoms with van der Waals surface area (Å²) in [6.45, 7) is 2.88. The third-order valence-corrected chi connectivity index (χ3v) is 3.52. The molecule has 0 saturated carbocycles. The van der Waals surface area contributed by atoms with E-state index in [2.05, 4.69) is 15.5 Å². The molecule has 0 aliphatic rings. The van der Waals surface area contributed by atoms with E-state index in [1.807, 2.05) is 43.3 Å². The van der Waals surface area contributed by atoms with E-state index in [1.165, 1.54) is 0 Å². The largest absolute Gasteiger partial charge is 0.494 e. The van der Waals surface area contributed by atoms with Gasteiger partial charge in [0.2, 0.25) is 11.8 Å². The molecule has 1 heterocycles. The van der Waals surface area contributed by atoms with Crippen LogP contribution < -0.4 is 10.1 Å². The fourth-order valence-corrected chi connectivity index (χ4v) is 2.33. The SMILES string of the molecule is CCOc1cccc(C(=O)NCCc2nnc(-c3ccccc3)o2)c1. The van der Waals surface area contributed by atoms with Crippen LogP contribution in [-0.4, -0.2) is 29.3 Å². The van der Waals surface area contributed by atoms with Gasteiger partial charge in [-0.1, -0.05) is 24.3 Å². The van der Waals surface area contributed by atoms with Gasteiger partial charge in [-0.15, -0.1) is 10.2 Å². The predicted molar refractivity (Wildman–Crippen MR) is 93.4 cm³/mol. The molecule has 0 unspecified atom stereocenters. The summed E-state index contributed by atoms with van der Waals surface area (Å²) in [6, 6.07) is 16.7. The molecule has 0 radical (unpaired) electrons. The molecular weight excluding hydrogens is 318 g/mol. The number of carbonyl (C=O) groups excluding carboxylic acids is 1. The van der Waals surface area contributed by atoms with Crippen molar-refractivity contribution in [1.29, 1.82) is 0 Å². The van der Waals surface area contributed by atoms with Crippen molar-refractivity contribution in [3.63, 3.8) is 0 Å². The van der Waals surface area contributed by atoms with E-state index in [9.17, 15) is 4.79 Å². The van der Waals surface area contributed by atoms with Gasteiger partial charge in [0.25, 0.3) is 5.91 Å². The van der Waals surface area contributed by atoms with Crippen LogP contribution in [0.5, 0.6) is 5.75 Å². The summed E-state index contributed by atoms with van der Waals surface area (Å²) in [5, 5.41) is 10.9. The second-order valence-corrected chi connectivity index (χ2v) is 5.33. The van der Waals surface area contributed by atoms with E-state index in [4.69, 9.17) is 9.15 Å². The van der Waals surface area contributed by atoms with Crippen molar-refractivity contribution < 1.29 is 13.9 Å². The Morgan fingerprint density at radius 3 is 2.76 bits per heavy atom. The molecule has 6 heteroatoms. The van der Waals surface area contributed by atoms with Crippen LogP contribution in [0, 0.1) is 0 Å². The highest BCUT2D eigenvalue weighted by Crippen LogP contribution is 2.17. The zero-order valence-electron chi connectivity index (χ0n) is 13.9. The van der Waals surface area contributed by atoms with Crippen molar-refractivity contribution in [2.45, 2.75) is 13.3 Å². The first-order valence-electron chi connectivity index (χ1n) is 8.15. The quantitative estimate of drug-likeness (QED) is 0.717. The highest BCUT2D eigenvalue weighted by Gasteiger charge is 2.10. The smallest absolute Gasteiger partial charge is 0.251 e. The Morgan fingerprint density at radius 1 is 1.12 bits per heavy atom. The maximum Gasteiger partial charge on any atom is 0.251 e. The summed E-state index contributed by atoms with van der Waals surface area (Å²) in [5.74, 6) is 1.48. The molecule has 0 atom stereocenters. The average Bonchev–Trinajstić information content (AvgIpc) is 3.12. The maximum absolute atomic E-state index is 12.2. The third-order valence-electron chi connectivity index (χ3n) is 3.52. The Morgan fingerprint density at radius 2 is 1.96 bits per heavy atom. The van der Waals surface area contributed by atoms with E-state index < -0.39 is 0 Å². The van der Waals surface area contributed by atoms with Gasteiger partial charge in [0.05, 0.1) is 6.61 Å². The van der Waals surface area contributed by atoms with Gasteiger partial charge >= 0.3 is 0 Å². The maximum atomic E-state index is 12.2. The molecule has 1 amide bonds. The van der Waals surface area contributed by atoms with Gasteiger partial charge in [-0.3, -0.25) is 4.79 Å². The van der Waals surface area contributed by atoms with Gasteiger partial charge in [-0.2, -0.15) is 0 Å². The molecule has 25 heavy (non-hydrogen) atoms. The van der Waals surface area contributed by atoms with Gasteiger partial charge in [0.1, 0.15) is 5.75 Å². The van der Waals surface area contributed by atoms with Crippen molar-refractivity contribution in [2.75, 3.05) is 13.2 Å². The minimum atomic E-state index is -0.163. The van der Waals surface area contributed by atoms with Crippen LogP contribution in [-0.2, 0) is 6.42 Å². The summed E-state index contributed by atoms with van der Waals surface area (Å²) >= 11 is 0. The van der Waals surface area contributed by atoms with E-state index in [0.717, 1.165) is 5.56 Å². The second-order valence-electron chi connectivity index (χ2n) is 5.33. The number of amides is 1. The van der Waals surface area contributed by atoms with Gasteiger partial charge in [-0.05, 0) is 37.3 Å². The zero-order chi connectivity index (χ0) is 17.5. The number of benzene rings is 2. The molecule has 0 fully saturated rings. The highest BCUT2D eigenvalue weighted by atomic mass is 16.5. The monoisotopic (exact) mass is 337 g/mol. The topological polar surface area (TPSA) is 77.2 Å². The Labute approximate surface area is 145 Å². The first-order valence-corrected chi connectivity index (χ1v) is 8.15. The van der Waals surface area contributed by atoms with Crippen molar-refractivity contribution in [1.82, 2.24) is 15.5 Å². The van der Waals surface area contributed by atoms with Crippen LogP contribution in [0.4, 0.5) is 0 Å². The van der Waals surface area contributed by atoms with Gasteiger partial charge in [0.15, 0.2) is 0 Å². The minimum absolute atomic E-state index is 0.163. The number of nitrogens with zero attached hydrogens (tertiary/aromatic N) is 2. The molecule has 0 bridgehead atoms. The van der Waals surface area contributed by atoms with Crippen molar-refractivity contribution in [3.05, 3.63) is 66.1 Å². The van der Waals surface area contributed by atoms with Crippen molar-refractivity contribution in [2.24, 2.45) is 0 Å². The Hall–Kier alpha value is -3.15. The van der Waals surface area contributed by atoms with Gasteiger partial charge < -0.3 is 14.5 Å². The lowest BCUT2D eigenvalue weighted by Crippen LogP contribution is -2.25. The van der Waals surface area contributed by atoms with Crippen LogP contribution in [0.2, 0.25) is 0 Å². The molecule has 0 aliphatic carbocycles. The van der Waals surface area contributed by atoms with Crippen LogP contribution in [0.25, 0.3) is 11.5 Å². The summed E-state index contributed by atoms with van der Waals surface area (Å²) < 4.78 is 11.0. The van der Waals surface area contributed by atoms with Crippen molar-refractivity contribution in [3.8, 4) is 17.2 Å². The normalized spacial score (nSPS) is 10.4. The molecule has 0 saturated heterocycles.